The summed E-state index contributed by atoms with van der Waals surface area (Å²) in [5.74, 6) is -0.0334. The molecule has 102 valence electrons. The molecule has 0 saturated heterocycles. The number of nitrogens with one attached hydrogen (secondary N) is 2. The van der Waals surface area contributed by atoms with Crippen LogP contribution in [-0.2, 0) is 4.74 Å². The van der Waals surface area contributed by atoms with Crippen LogP contribution >= 0.6 is 12.2 Å². The summed E-state index contributed by atoms with van der Waals surface area (Å²) < 4.78 is 4.91. The van der Waals surface area contributed by atoms with Crippen LogP contribution in [0.1, 0.15) is 35.8 Å². The number of carbonyl (C=O) groups is 1. The van der Waals surface area contributed by atoms with Crippen LogP contribution in [0.25, 0.3) is 0 Å². The van der Waals surface area contributed by atoms with Crippen LogP contribution in [0.2, 0.25) is 0 Å². The zero-order valence-corrected chi connectivity index (χ0v) is 11.7. The molecule has 1 aromatic rings. The fourth-order valence-corrected chi connectivity index (χ4v) is 1.75. The third kappa shape index (κ3) is 3.85. The molecule has 0 unspecified atom stereocenters. The Bertz CT molecular complexity index is 503. The molecule has 1 aromatic heterocycles. The van der Waals surface area contributed by atoms with Crippen molar-refractivity contribution in [2.75, 3.05) is 11.9 Å². The van der Waals surface area contributed by atoms with Crippen LogP contribution in [0.15, 0.2) is 6.20 Å². The molecule has 1 fully saturated rings. The van der Waals surface area contributed by atoms with E-state index in [4.69, 9.17) is 17.0 Å². The molecule has 2 N–H and O–H groups in total. The van der Waals surface area contributed by atoms with Gasteiger partial charge in [-0.2, -0.15) is 0 Å². The van der Waals surface area contributed by atoms with Gasteiger partial charge >= 0.3 is 5.97 Å². The number of aromatic nitrogens is 2. The molecule has 2 rings (SSSR count). The predicted molar refractivity (Wildman–Crippen MR) is 75.1 cm³/mol. The fraction of sp³-hybridized carbons (Fsp3) is 0.500. The van der Waals surface area contributed by atoms with Crippen molar-refractivity contribution < 1.29 is 9.53 Å². The van der Waals surface area contributed by atoms with E-state index in [-0.39, 0.29) is 0 Å². The number of hydrogen-bond donors (Lipinski definition) is 2. The second-order valence-corrected chi connectivity index (χ2v) is 4.69. The predicted octanol–water partition coefficient (Wildman–Crippen LogP) is 1.41. The van der Waals surface area contributed by atoms with E-state index in [1.807, 2.05) is 0 Å². The van der Waals surface area contributed by atoms with Gasteiger partial charge in [-0.05, 0) is 38.9 Å². The molecule has 19 heavy (non-hydrogen) atoms. The van der Waals surface area contributed by atoms with E-state index in [1.54, 1.807) is 13.8 Å². The summed E-state index contributed by atoms with van der Waals surface area (Å²) in [5.41, 5.74) is 0.929. The van der Waals surface area contributed by atoms with Gasteiger partial charge < -0.3 is 15.4 Å². The lowest BCUT2D eigenvalue weighted by Crippen LogP contribution is -2.31. The number of nitrogens with zero attached hydrogens (tertiary/aromatic N) is 2. The Labute approximate surface area is 117 Å². The number of aryl methyl sites for hydroxylation is 1. The average molecular weight is 280 g/mol. The molecular formula is C12H16N4O2S. The van der Waals surface area contributed by atoms with E-state index < -0.39 is 5.97 Å². The highest BCUT2D eigenvalue weighted by atomic mass is 32.1. The first-order chi connectivity index (χ1) is 9.10. The standard InChI is InChI=1S/C12H16N4O2S/c1-3-18-10(17)9-6-13-11(14-7(9)2)16-12(19)15-8-4-5-8/h6,8H,3-5H2,1-2H3,(H2,13,14,15,16,19). The Morgan fingerprint density at radius 1 is 1.58 bits per heavy atom. The second kappa shape index (κ2) is 5.92. The van der Waals surface area contributed by atoms with Crippen LogP contribution in [0, 0.1) is 6.92 Å². The van der Waals surface area contributed by atoms with Crippen LogP contribution < -0.4 is 10.6 Å². The summed E-state index contributed by atoms with van der Waals surface area (Å²) in [4.78, 5) is 19.8. The average Bonchev–Trinajstić information content (AvgIpc) is 3.13. The van der Waals surface area contributed by atoms with Crippen molar-refractivity contribution in [3.05, 3.63) is 17.5 Å². The van der Waals surface area contributed by atoms with Crippen molar-refractivity contribution in [2.24, 2.45) is 0 Å². The van der Waals surface area contributed by atoms with Gasteiger partial charge in [0.1, 0.15) is 0 Å². The summed E-state index contributed by atoms with van der Waals surface area (Å²) in [5, 5.41) is 6.53. The van der Waals surface area contributed by atoms with Crippen molar-refractivity contribution in [2.45, 2.75) is 32.7 Å². The van der Waals surface area contributed by atoms with Crippen molar-refractivity contribution >= 4 is 29.2 Å². The van der Waals surface area contributed by atoms with Crippen LogP contribution in [0.3, 0.4) is 0 Å². The van der Waals surface area contributed by atoms with E-state index in [0.29, 0.717) is 35.0 Å². The zero-order valence-electron chi connectivity index (χ0n) is 10.9. The molecule has 0 atom stereocenters. The number of carbonyl (C=O) groups excluding carboxylic acids is 1. The number of hydrogen-bond acceptors (Lipinski definition) is 5. The summed E-state index contributed by atoms with van der Waals surface area (Å²) >= 11 is 5.13. The highest BCUT2D eigenvalue weighted by Crippen LogP contribution is 2.18. The molecule has 0 bridgehead atoms. The van der Waals surface area contributed by atoms with Gasteiger partial charge in [0.25, 0.3) is 0 Å². The largest absolute Gasteiger partial charge is 0.462 e. The van der Waals surface area contributed by atoms with Gasteiger partial charge in [-0.1, -0.05) is 0 Å². The fourth-order valence-electron chi connectivity index (χ4n) is 1.49. The SMILES string of the molecule is CCOC(=O)c1cnc(NC(=S)NC2CC2)nc1C. The Kier molecular flexibility index (Phi) is 4.26. The summed E-state index contributed by atoms with van der Waals surface area (Å²) in [6.45, 7) is 3.82. The molecule has 1 heterocycles. The monoisotopic (exact) mass is 280 g/mol. The minimum Gasteiger partial charge on any atom is -0.462 e. The van der Waals surface area contributed by atoms with Gasteiger partial charge in [0.05, 0.1) is 17.9 Å². The Morgan fingerprint density at radius 2 is 2.32 bits per heavy atom. The molecule has 0 spiro atoms. The lowest BCUT2D eigenvalue weighted by Gasteiger charge is -2.09. The van der Waals surface area contributed by atoms with E-state index in [1.165, 1.54) is 6.20 Å². The number of esters is 1. The lowest BCUT2D eigenvalue weighted by atomic mass is 10.2. The van der Waals surface area contributed by atoms with Crippen molar-refractivity contribution in [1.29, 1.82) is 0 Å². The molecule has 0 radical (unpaired) electrons. The van der Waals surface area contributed by atoms with E-state index in [2.05, 4.69) is 20.6 Å². The Morgan fingerprint density at radius 3 is 2.89 bits per heavy atom. The molecule has 1 aliphatic carbocycles. The first-order valence-corrected chi connectivity index (χ1v) is 6.59. The number of ether oxygens (including phenoxy) is 1. The summed E-state index contributed by atoms with van der Waals surface area (Å²) in [6, 6.07) is 0.472. The molecule has 6 nitrogen and oxygen atoms in total. The smallest absolute Gasteiger partial charge is 0.341 e. The van der Waals surface area contributed by atoms with Gasteiger partial charge in [0.2, 0.25) is 5.95 Å². The molecule has 0 aliphatic heterocycles. The lowest BCUT2D eigenvalue weighted by molar-refractivity contribution is 0.0524. The molecule has 1 aliphatic rings. The number of anilines is 1. The highest BCUT2D eigenvalue weighted by molar-refractivity contribution is 7.80. The maximum atomic E-state index is 11.6. The van der Waals surface area contributed by atoms with Gasteiger partial charge in [0, 0.05) is 12.2 Å². The summed E-state index contributed by atoms with van der Waals surface area (Å²) in [6.07, 6.45) is 3.73. The third-order valence-electron chi connectivity index (χ3n) is 2.61. The Hall–Kier alpha value is -1.76. The zero-order chi connectivity index (χ0) is 13.8. The van der Waals surface area contributed by atoms with Crippen LogP contribution in [0.5, 0.6) is 0 Å². The van der Waals surface area contributed by atoms with E-state index in [9.17, 15) is 4.79 Å². The van der Waals surface area contributed by atoms with Gasteiger partial charge in [-0.15, -0.1) is 0 Å². The maximum Gasteiger partial charge on any atom is 0.341 e. The number of rotatable bonds is 4. The van der Waals surface area contributed by atoms with Crippen LogP contribution in [0.4, 0.5) is 5.95 Å². The van der Waals surface area contributed by atoms with E-state index in [0.717, 1.165) is 12.8 Å². The second-order valence-electron chi connectivity index (χ2n) is 4.29. The van der Waals surface area contributed by atoms with Crippen molar-refractivity contribution in [1.82, 2.24) is 15.3 Å². The normalized spacial score (nSPS) is 13.8. The topological polar surface area (TPSA) is 76.1 Å². The first-order valence-electron chi connectivity index (χ1n) is 6.18. The van der Waals surface area contributed by atoms with Gasteiger partial charge in [0.15, 0.2) is 5.11 Å². The van der Waals surface area contributed by atoms with Gasteiger partial charge in [-0.3, -0.25) is 0 Å². The quantitative estimate of drug-likeness (QED) is 0.638. The van der Waals surface area contributed by atoms with Crippen LogP contribution in [-0.4, -0.2) is 33.7 Å². The minimum absolute atomic E-state index is 0.327. The molecule has 7 heteroatoms. The van der Waals surface area contributed by atoms with Crippen molar-refractivity contribution in [3.8, 4) is 0 Å². The molecular weight excluding hydrogens is 264 g/mol. The van der Waals surface area contributed by atoms with Crippen molar-refractivity contribution in [3.63, 3.8) is 0 Å². The van der Waals surface area contributed by atoms with Gasteiger partial charge in [-0.25, -0.2) is 14.8 Å². The molecule has 0 aromatic carbocycles. The molecule has 1 saturated carbocycles. The Balaban J connectivity index is 2.01. The number of thiocarbonyl (C=S) groups is 1. The maximum absolute atomic E-state index is 11.6. The highest BCUT2D eigenvalue weighted by Gasteiger charge is 2.22. The minimum atomic E-state index is -0.412. The first kappa shape index (κ1) is 13.7. The summed E-state index contributed by atoms with van der Waals surface area (Å²) in [7, 11) is 0. The van der Waals surface area contributed by atoms with E-state index >= 15 is 0 Å². The molecule has 0 amide bonds. The third-order valence-corrected chi connectivity index (χ3v) is 2.83.